The predicted molar refractivity (Wildman–Crippen MR) is 31.3 cm³/mol. The molecule has 4 heavy (non-hydrogen) atoms. The fourth-order valence-corrected chi connectivity index (χ4v) is 0. The van der Waals surface area contributed by atoms with Gasteiger partial charge in [0.15, 0.2) is 0 Å². The highest BCUT2D eigenvalue weighted by Crippen LogP contribution is 1.29. The maximum Gasteiger partial charge on any atom is 0.0399 e. The van der Waals surface area contributed by atoms with E-state index in [1.54, 1.807) is 0 Å². The fraction of sp³-hybridized carbons (Fsp3) is 0. The van der Waals surface area contributed by atoms with E-state index >= 15 is 0 Å². The van der Waals surface area contributed by atoms with Crippen molar-refractivity contribution in [2.75, 3.05) is 0 Å². The third kappa shape index (κ3) is 15.7. The molecule has 0 saturated heterocycles. The molecule has 0 amide bonds. The van der Waals surface area contributed by atoms with E-state index in [2.05, 4.69) is 0 Å². The Morgan fingerprint density at radius 2 is 1.25 bits per heavy atom. The topological polar surface area (TPSA) is 0 Å². The van der Waals surface area contributed by atoms with E-state index in [0.717, 1.165) is 0 Å². The van der Waals surface area contributed by atoms with E-state index in [9.17, 15) is 0 Å². The summed E-state index contributed by atoms with van der Waals surface area (Å²) >= 11 is 4.89. The first-order valence-corrected chi connectivity index (χ1v) is 0. The average molecular weight is 103 g/mol. The molecule has 0 spiro atoms. The van der Waals surface area contributed by atoms with Crippen LogP contribution in [-0.4, -0.2) is 15.7 Å². The molecule has 0 saturated carbocycles. The van der Waals surface area contributed by atoms with Crippen molar-refractivity contribution in [3.05, 3.63) is 0 Å². The van der Waals surface area contributed by atoms with Gasteiger partial charge in [-0.3, -0.25) is 0 Å². The predicted octanol–water partition coefficient (Wildman–Crippen LogP) is -2.75. The first-order chi connectivity index (χ1) is 1.00. The third-order valence-electron chi connectivity index (χ3n) is 0. The van der Waals surface area contributed by atoms with Crippen LogP contribution in [0.5, 0.6) is 0 Å². The molecule has 0 N–H and O–H groups in total. The van der Waals surface area contributed by atoms with Crippen LogP contribution in [0, 0.1) is 12.4 Å². The first kappa shape index (κ1) is 22.2. The highest BCUT2D eigenvalue weighted by molar-refractivity contribution is 6.80. The minimum atomic E-state index is 0. The number of rotatable bonds is 0. The quantitative estimate of drug-likeness (QED) is 0.291. The Hall–Kier alpha value is 0.710. The van der Waals surface area contributed by atoms with Gasteiger partial charge in [0.05, 0.1) is 0 Å². The van der Waals surface area contributed by atoms with Gasteiger partial charge in [-0.15, -0.1) is 0 Å². The van der Waals surface area contributed by atoms with Crippen LogP contribution in [-0.2, 0) is 0 Å². The third-order valence-corrected chi connectivity index (χ3v) is 0. The lowest BCUT2D eigenvalue weighted by Gasteiger charge is -1.21. The Labute approximate surface area is 40.2 Å². The summed E-state index contributed by atoms with van der Waals surface area (Å²) in [7, 11) is 0.222. The summed E-state index contributed by atoms with van der Waals surface area (Å²) in [5, 5.41) is 0. The Morgan fingerprint density at radius 3 is 1.25 bits per heavy atom. The van der Waals surface area contributed by atoms with E-state index < -0.39 is 0 Å². The fourth-order valence-electron chi connectivity index (χ4n) is 0. The standard InChI is InChI=1S/BClH3.BH4.ClH3/c1-2;;/h1H3;1H4;1H3/q2*-1;+2. The largest absolute Gasteiger partial charge is 0.404 e. The van der Waals surface area contributed by atoms with Crippen LogP contribution in [0.25, 0.3) is 0 Å². The molecular formula is H10B2Cl2. The maximum absolute atomic E-state index is 4.89. The molecule has 0 aliphatic carbocycles. The monoisotopic (exact) mass is 102 g/mol. The molecule has 4 heteroatoms. The van der Waals surface area contributed by atoms with Crippen molar-refractivity contribution in [2.45, 2.75) is 0 Å². The Balaban J connectivity index is -0.00000000500. The lowest BCUT2D eigenvalue weighted by Crippen LogP contribution is -0.980. The van der Waals surface area contributed by atoms with Gasteiger partial charge < -0.3 is 11.5 Å². The zero-order valence-electron chi connectivity index (χ0n) is 0.878. The molecule has 0 nitrogen and oxygen atoms in total. The molecule has 30 valence electrons. The lowest BCUT2D eigenvalue weighted by molar-refractivity contribution is -0.000000468. The van der Waals surface area contributed by atoms with Gasteiger partial charge in [-0.25, -0.2) is 0 Å². The van der Waals surface area contributed by atoms with Crippen LogP contribution < -0.4 is 0 Å². The molecule has 0 rings (SSSR count). The molecule has 0 heterocycles. The van der Waals surface area contributed by atoms with Gasteiger partial charge in [0, 0.05) is 7.26 Å². The van der Waals surface area contributed by atoms with Gasteiger partial charge in [0.1, 0.15) is 0 Å². The van der Waals surface area contributed by atoms with E-state index in [0.29, 0.717) is 0 Å². The van der Waals surface area contributed by atoms with Crippen LogP contribution >= 0.6 is 11.5 Å². The van der Waals surface area contributed by atoms with E-state index in [1.165, 1.54) is 0 Å². The van der Waals surface area contributed by atoms with Crippen molar-refractivity contribution >= 4 is 27.1 Å². The minimum absolute atomic E-state index is 0. The number of hydrogen-bond donors (Lipinski definition) is 0. The van der Waals surface area contributed by atoms with Crippen LogP contribution in [0.2, 0.25) is 0 Å². The first-order valence-electron chi connectivity index (χ1n) is 0. The molecule has 0 aromatic carbocycles. The SMILES string of the molecule is [BH3-]Cl.[BH4-].[ClH3+2]. The molecule has 0 radical (unpaired) electrons. The molecule has 0 aromatic heterocycles. The van der Waals surface area contributed by atoms with Crippen LogP contribution in [0.15, 0.2) is 0 Å². The Kier molecular flexibility index (Phi) is 300. The van der Waals surface area contributed by atoms with Crippen molar-refractivity contribution in [1.82, 2.24) is 0 Å². The molecule has 0 aliphatic heterocycles. The van der Waals surface area contributed by atoms with Gasteiger partial charge in [-0.2, -0.15) is 0 Å². The van der Waals surface area contributed by atoms with Gasteiger partial charge in [0.25, 0.3) is 0 Å². The highest BCUT2D eigenvalue weighted by Gasteiger charge is 0.842. The normalized spacial score (nSPS) is 1.50. The van der Waals surface area contributed by atoms with Crippen LogP contribution in [0.4, 0.5) is 0 Å². The molecule has 0 unspecified atom stereocenters. The summed E-state index contributed by atoms with van der Waals surface area (Å²) in [4.78, 5) is 0. The van der Waals surface area contributed by atoms with Gasteiger partial charge in [0.2, 0.25) is 0 Å². The zero-order chi connectivity index (χ0) is 2.00. The summed E-state index contributed by atoms with van der Waals surface area (Å²) in [6.07, 6.45) is 0. The molecule has 0 bridgehead atoms. The highest BCUT2D eigenvalue weighted by atomic mass is 35.5. The smallest absolute Gasteiger partial charge is 0.0399 e. The molecular weight excluding hydrogens is 92.5 g/mol. The van der Waals surface area contributed by atoms with E-state index in [-0.39, 0.29) is 28.1 Å². The Morgan fingerprint density at radius 1 is 1.25 bits per heavy atom. The van der Waals surface area contributed by atoms with Crippen molar-refractivity contribution in [2.24, 2.45) is 0 Å². The maximum atomic E-state index is 4.89. The molecule has 0 atom stereocenters. The van der Waals surface area contributed by atoms with Crippen LogP contribution in [0.3, 0.4) is 0 Å². The van der Waals surface area contributed by atoms with E-state index in [1.807, 2.05) is 0 Å². The number of hydrogen-bond acceptors (Lipinski definition) is 0. The summed E-state index contributed by atoms with van der Waals surface area (Å²) in [6, 6.07) is 0. The molecule has 0 fully saturated rings. The average Bonchev–Trinajstić information content (AvgIpc) is 1.00. The van der Waals surface area contributed by atoms with Crippen molar-refractivity contribution in [3.8, 4) is 0 Å². The van der Waals surface area contributed by atoms with E-state index in [4.69, 9.17) is 11.5 Å². The van der Waals surface area contributed by atoms with Gasteiger partial charge in [-0.1, -0.05) is 20.8 Å². The summed E-state index contributed by atoms with van der Waals surface area (Å²) in [6.45, 7) is 0. The molecule has 0 aliphatic rings. The van der Waals surface area contributed by atoms with Crippen molar-refractivity contribution in [3.63, 3.8) is 0 Å². The zero-order valence-corrected chi connectivity index (χ0v) is 2.63. The molecule has 0 aromatic rings. The Bertz CT molecular complexity index is 4.00. The number of halogens is 2. The van der Waals surface area contributed by atoms with Gasteiger partial charge >= 0.3 is 0 Å². The van der Waals surface area contributed by atoms with Crippen LogP contribution in [0.1, 0.15) is 0 Å². The summed E-state index contributed by atoms with van der Waals surface area (Å²) < 4.78 is 0. The van der Waals surface area contributed by atoms with Crippen molar-refractivity contribution < 1.29 is 12.4 Å². The summed E-state index contributed by atoms with van der Waals surface area (Å²) in [5.74, 6) is 0. The second-order valence-corrected chi connectivity index (χ2v) is 0. The van der Waals surface area contributed by atoms with Crippen molar-refractivity contribution in [1.29, 1.82) is 0 Å². The summed E-state index contributed by atoms with van der Waals surface area (Å²) in [5.41, 5.74) is 0. The second-order valence-electron chi connectivity index (χ2n) is 0. The lowest BCUT2D eigenvalue weighted by atomic mass is 10.8. The minimum Gasteiger partial charge on any atom is -0.404 e. The van der Waals surface area contributed by atoms with Gasteiger partial charge in [-0.05, 0) is 0 Å². The second kappa shape index (κ2) is 54.1.